The van der Waals surface area contributed by atoms with Crippen molar-refractivity contribution in [2.75, 3.05) is 14.1 Å². The van der Waals surface area contributed by atoms with Crippen LogP contribution in [-0.2, 0) is 0 Å². The van der Waals surface area contributed by atoms with E-state index in [1.54, 1.807) is 0 Å². The summed E-state index contributed by atoms with van der Waals surface area (Å²) in [6, 6.07) is 9.18. The Balaban J connectivity index is 2.06. The van der Waals surface area contributed by atoms with Crippen molar-refractivity contribution >= 4 is 11.6 Å². The lowest BCUT2D eigenvalue weighted by atomic mass is 9.74. The fraction of sp³-hybridized carbons (Fsp3) is 0.600. The van der Waals surface area contributed by atoms with Gasteiger partial charge in [0.1, 0.15) is 0 Å². The van der Waals surface area contributed by atoms with Crippen LogP contribution in [0, 0.1) is 5.92 Å². The van der Waals surface area contributed by atoms with E-state index in [1.165, 1.54) is 24.8 Å². The van der Waals surface area contributed by atoms with E-state index in [4.69, 9.17) is 11.6 Å². The molecule has 2 rings (SSSR count). The first-order valence-corrected chi connectivity index (χ1v) is 6.87. The summed E-state index contributed by atoms with van der Waals surface area (Å²) < 4.78 is 0. The first kappa shape index (κ1) is 12.9. The second-order valence-corrected chi connectivity index (χ2v) is 6.00. The van der Waals surface area contributed by atoms with E-state index in [0.717, 1.165) is 17.0 Å². The topological polar surface area (TPSA) is 3.24 Å². The minimum atomic E-state index is 0.712. The van der Waals surface area contributed by atoms with Gasteiger partial charge in [-0.1, -0.05) is 30.7 Å². The molecule has 1 aliphatic rings. The third-order valence-corrected chi connectivity index (χ3v) is 4.42. The molecule has 1 nitrogen and oxygen atoms in total. The van der Waals surface area contributed by atoms with E-state index in [0.29, 0.717) is 5.92 Å². The molecule has 17 heavy (non-hydrogen) atoms. The van der Waals surface area contributed by atoms with Crippen molar-refractivity contribution in [1.82, 2.24) is 4.90 Å². The normalized spacial score (nSPS) is 29.6. The maximum Gasteiger partial charge on any atom is 0.0406 e. The second kappa shape index (κ2) is 5.41. The Bertz CT molecular complexity index is 358. The van der Waals surface area contributed by atoms with E-state index < -0.39 is 0 Å². The lowest BCUT2D eigenvalue weighted by molar-refractivity contribution is 0.175. The van der Waals surface area contributed by atoms with Crippen molar-refractivity contribution in [3.05, 3.63) is 34.9 Å². The van der Waals surface area contributed by atoms with Gasteiger partial charge in [-0.05, 0) is 62.9 Å². The molecule has 0 aromatic heterocycles. The Labute approximate surface area is 110 Å². The first-order chi connectivity index (χ1) is 8.08. The standard InChI is InChI=1S/C15H22ClN/c1-11-10-14(17(2)3)8-9-15(11)12-4-6-13(16)7-5-12/h4-7,11,14-15H,8-10H2,1-3H3/t11-,14?,15-/m1/s1. The van der Waals surface area contributed by atoms with E-state index in [2.05, 4.69) is 38.1 Å². The largest absolute Gasteiger partial charge is 0.306 e. The highest BCUT2D eigenvalue weighted by atomic mass is 35.5. The summed E-state index contributed by atoms with van der Waals surface area (Å²) in [6.07, 6.45) is 3.91. The highest BCUT2D eigenvalue weighted by Gasteiger charge is 2.29. The molecular formula is C15H22ClN. The highest BCUT2D eigenvalue weighted by molar-refractivity contribution is 6.30. The SMILES string of the molecule is C[C@@H]1CC(N(C)C)CC[C@H]1c1ccc(Cl)cc1. The van der Waals surface area contributed by atoms with Crippen LogP contribution in [0.4, 0.5) is 0 Å². The van der Waals surface area contributed by atoms with Gasteiger partial charge >= 0.3 is 0 Å². The van der Waals surface area contributed by atoms with Gasteiger partial charge in [-0.25, -0.2) is 0 Å². The fourth-order valence-electron chi connectivity index (χ4n) is 3.04. The van der Waals surface area contributed by atoms with Gasteiger partial charge in [0, 0.05) is 11.1 Å². The van der Waals surface area contributed by atoms with Crippen molar-refractivity contribution in [1.29, 1.82) is 0 Å². The van der Waals surface area contributed by atoms with Crippen molar-refractivity contribution in [3.8, 4) is 0 Å². The zero-order valence-electron chi connectivity index (χ0n) is 11.0. The molecule has 0 bridgehead atoms. The lowest BCUT2D eigenvalue weighted by Gasteiger charge is -2.37. The zero-order chi connectivity index (χ0) is 12.4. The number of hydrogen-bond donors (Lipinski definition) is 0. The molecular weight excluding hydrogens is 230 g/mol. The number of rotatable bonds is 2. The van der Waals surface area contributed by atoms with Crippen molar-refractivity contribution < 1.29 is 0 Å². The third kappa shape index (κ3) is 3.02. The third-order valence-electron chi connectivity index (χ3n) is 4.17. The molecule has 1 aliphatic carbocycles. The van der Waals surface area contributed by atoms with Crippen LogP contribution in [0.15, 0.2) is 24.3 Å². The van der Waals surface area contributed by atoms with Gasteiger partial charge < -0.3 is 4.90 Å². The molecule has 0 radical (unpaired) electrons. The zero-order valence-corrected chi connectivity index (χ0v) is 11.7. The molecule has 1 unspecified atom stereocenters. The average Bonchev–Trinajstić information content (AvgIpc) is 2.30. The molecule has 1 fully saturated rings. The quantitative estimate of drug-likeness (QED) is 0.763. The Morgan fingerprint density at radius 3 is 2.29 bits per heavy atom. The minimum Gasteiger partial charge on any atom is -0.306 e. The molecule has 1 aromatic rings. The summed E-state index contributed by atoms with van der Waals surface area (Å²) in [5.41, 5.74) is 1.46. The van der Waals surface area contributed by atoms with E-state index in [9.17, 15) is 0 Å². The average molecular weight is 252 g/mol. The van der Waals surface area contributed by atoms with Crippen LogP contribution < -0.4 is 0 Å². The molecule has 0 saturated heterocycles. The molecule has 1 saturated carbocycles. The molecule has 1 aromatic carbocycles. The predicted octanol–water partition coefficient (Wildman–Crippen LogP) is 4.17. The Morgan fingerprint density at radius 1 is 1.12 bits per heavy atom. The van der Waals surface area contributed by atoms with Gasteiger partial charge in [0.25, 0.3) is 0 Å². The van der Waals surface area contributed by atoms with Crippen LogP contribution in [0.25, 0.3) is 0 Å². The van der Waals surface area contributed by atoms with Crippen molar-refractivity contribution in [3.63, 3.8) is 0 Å². The summed E-state index contributed by atoms with van der Waals surface area (Å²) in [6.45, 7) is 2.38. The molecule has 0 amide bonds. The molecule has 0 N–H and O–H groups in total. The fourth-order valence-corrected chi connectivity index (χ4v) is 3.17. The molecule has 94 valence electrons. The summed E-state index contributed by atoms with van der Waals surface area (Å²) in [5.74, 6) is 1.47. The van der Waals surface area contributed by atoms with Gasteiger partial charge in [0.15, 0.2) is 0 Å². The Hall–Kier alpha value is -0.530. The second-order valence-electron chi connectivity index (χ2n) is 5.57. The van der Waals surface area contributed by atoms with Crippen LogP contribution in [0.3, 0.4) is 0 Å². The number of benzene rings is 1. The Kier molecular flexibility index (Phi) is 4.11. The maximum absolute atomic E-state index is 5.95. The van der Waals surface area contributed by atoms with Gasteiger partial charge in [-0.15, -0.1) is 0 Å². The smallest absolute Gasteiger partial charge is 0.0406 e. The summed E-state index contributed by atoms with van der Waals surface area (Å²) >= 11 is 5.95. The number of hydrogen-bond acceptors (Lipinski definition) is 1. The van der Waals surface area contributed by atoms with Crippen molar-refractivity contribution in [2.24, 2.45) is 5.92 Å². The molecule has 0 aliphatic heterocycles. The molecule has 2 heteroatoms. The van der Waals surface area contributed by atoms with Crippen LogP contribution >= 0.6 is 11.6 Å². The highest BCUT2D eigenvalue weighted by Crippen LogP contribution is 2.38. The summed E-state index contributed by atoms with van der Waals surface area (Å²) in [4.78, 5) is 2.37. The predicted molar refractivity (Wildman–Crippen MR) is 74.7 cm³/mol. The number of halogens is 1. The van der Waals surface area contributed by atoms with Gasteiger partial charge in [-0.2, -0.15) is 0 Å². The molecule has 0 spiro atoms. The summed E-state index contributed by atoms with van der Waals surface area (Å²) in [5, 5.41) is 0.836. The molecule has 3 atom stereocenters. The van der Waals surface area contributed by atoms with Crippen LogP contribution in [0.5, 0.6) is 0 Å². The summed E-state index contributed by atoms with van der Waals surface area (Å²) in [7, 11) is 4.39. The minimum absolute atomic E-state index is 0.712. The molecule has 0 heterocycles. The monoisotopic (exact) mass is 251 g/mol. The number of nitrogens with zero attached hydrogens (tertiary/aromatic N) is 1. The first-order valence-electron chi connectivity index (χ1n) is 6.50. The van der Waals surface area contributed by atoms with Gasteiger partial charge in [0.2, 0.25) is 0 Å². The van der Waals surface area contributed by atoms with E-state index in [-0.39, 0.29) is 0 Å². The lowest BCUT2D eigenvalue weighted by Crippen LogP contribution is -2.35. The van der Waals surface area contributed by atoms with E-state index >= 15 is 0 Å². The van der Waals surface area contributed by atoms with Crippen LogP contribution in [0.1, 0.15) is 37.7 Å². The van der Waals surface area contributed by atoms with Gasteiger partial charge in [0.05, 0.1) is 0 Å². The van der Waals surface area contributed by atoms with E-state index in [1.807, 2.05) is 12.1 Å². The maximum atomic E-state index is 5.95. The Morgan fingerprint density at radius 2 is 1.76 bits per heavy atom. The van der Waals surface area contributed by atoms with Gasteiger partial charge in [-0.3, -0.25) is 0 Å². The van der Waals surface area contributed by atoms with Crippen LogP contribution in [0.2, 0.25) is 5.02 Å². The van der Waals surface area contributed by atoms with Crippen LogP contribution in [-0.4, -0.2) is 25.0 Å². The van der Waals surface area contributed by atoms with Crippen molar-refractivity contribution in [2.45, 2.75) is 38.1 Å².